The summed E-state index contributed by atoms with van der Waals surface area (Å²) >= 11 is 9.40. The molecule has 0 radical (unpaired) electrons. The normalized spacial score (nSPS) is 29.2. The van der Waals surface area contributed by atoms with Gasteiger partial charge in [-0.1, -0.05) is 17.7 Å². The fourth-order valence-electron chi connectivity index (χ4n) is 3.29. The molecule has 3 atom stereocenters. The zero-order valence-electron chi connectivity index (χ0n) is 11.2. The summed E-state index contributed by atoms with van der Waals surface area (Å²) in [5.41, 5.74) is 6.06. The molecular weight excluding hydrogens is 399 g/mol. The Kier molecular flexibility index (Phi) is 5.28. The molecule has 0 aromatic heterocycles. The summed E-state index contributed by atoms with van der Waals surface area (Å²) in [4.78, 5) is 0.169. The zero-order valence-corrected chi connectivity index (χ0v) is 15.2. The van der Waals surface area contributed by atoms with Crippen molar-refractivity contribution in [3.05, 3.63) is 27.7 Å². The van der Waals surface area contributed by atoms with Gasteiger partial charge in [-0.2, -0.15) is 4.31 Å². The SMILES string of the molecule is Cl.NC1CCC2CN(S(=O)(=O)c3cccc(Br)c3Cl)CC12. The summed E-state index contributed by atoms with van der Waals surface area (Å²) in [6, 6.07) is 5.09. The van der Waals surface area contributed by atoms with E-state index >= 15 is 0 Å². The predicted molar refractivity (Wildman–Crippen MR) is 89.3 cm³/mol. The number of fused-ring (bicyclic) bond motifs is 1. The van der Waals surface area contributed by atoms with Crippen molar-refractivity contribution in [2.45, 2.75) is 23.8 Å². The Labute approximate surface area is 144 Å². The lowest BCUT2D eigenvalue weighted by atomic mass is 9.98. The predicted octanol–water partition coefficient (Wildman–Crippen LogP) is 2.88. The maximum absolute atomic E-state index is 12.7. The van der Waals surface area contributed by atoms with Gasteiger partial charge in [-0.05, 0) is 52.7 Å². The summed E-state index contributed by atoms with van der Waals surface area (Å²) in [5.74, 6) is 0.682. The Morgan fingerprint density at radius 1 is 1.29 bits per heavy atom. The van der Waals surface area contributed by atoms with Gasteiger partial charge in [0.1, 0.15) is 4.90 Å². The van der Waals surface area contributed by atoms with Gasteiger partial charge < -0.3 is 5.73 Å². The summed E-state index contributed by atoms with van der Waals surface area (Å²) in [6.45, 7) is 1.07. The zero-order chi connectivity index (χ0) is 14.5. The number of hydrogen-bond donors (Lipinski definition) is 1. The summed E-state index contributed by atoms with van der Waals surface area (Å²) in [7, 11) is -3.54. The quantitative estimate of drug-likeness (QED) is 0.807. The Balaban J connectivity index is 0.00000161. The van der Waals surface area contributed by atoms with Gasteiger partial charge in [0.2, 0.25) is 10.0 Å². The van der Waals surface area contributed by atoms with E-state index in [1.54, 1.807) is 18.2 Å². The van der Waals surface area contributed by atoms with Crippen LogP contribution in [0.15, 0.2) is 27.6 Å². The van der Waals surface area contributed by atoms with E-state index in [0.717, 1.165) is 12.8 Å². The van der Waals surface area contributed by atoms with E-state index in [-0.39, 0.29) is 34.3 Å². The van der Waals surface area contributed by atoms with Crippen LogP contribution in [0.25, 0.3) is 0 Å². The molecule has 0 spiro atoms. The van der Waals surface area contributed by atoms with Crippen molar-refractivity contribution in [1.29, 1.82) is 0 Å². The molecule has 2 N–H and O–H groups in total. The molecule has 8 heteroatoms. The van der Waals surface area contributed by atoms with E-state index < -0.39 is 10.0 Å². The highest BCUT2D eigenvalue weighted by atomic mass is 79.9. The lowest BCUT2D eigenvalue weighted by Gasteiger charge is -2.19. The first-order chi connectivity index (χ1) is 9.41. The Morgan fingerprint density at radius 3 is 2.67 bits per heavy atom. The van der Waals surface area contributed by atoms with Gasteiger partial charge in [0, 0.05) is 23.6 Å². The van der Waals surface area contributed by atoms with Crippen LogP contribution < -0.4 is 5.73 Å². The number of sulfonamides is 1. The summed E-state index contributed by atoms with van der Waals surface area (Å²) < 4.78 is 27.6. The standard InChI is InChI=1S/C13H16BrClN2O2S.ClH/c14-10-2-1-3-12(13(10)15)20(18,19)17-6-8-4-5-11(16)9(8)7-17;/h1-3,8-9,11H,4-7,16H2;1H. The van der Waals surface area contributed by atoms with Crippen LogP contribution in [0, 0.1) is 11.8 Å². The van der Waals surface area contributed by atoms with Gasteiger partial charge in [-0.15, -0.1) is 12.4 Å². The number of rotatable bonds is 2. The minimum absolute atomic E-state index is 0. The van der Waals surface area contributed by atoms with Gasteiger partial charge in [-0.3, -0.25) is 0 Å². The molecular formula is C13H17BrCl2N2O2S. The third kappa shape index (κ3) is 2.99. The molecule has 21 heavy (non-hydrogen) atoms. The maximum Gasteiger partial charge on any atom is 0.244 e. The fourth-order valence-corrected chi connectivity index (χ4v) is 5.82. The van der Waals surface area contributed by atoms with Crippen LogP contribution in [-0.4, -0.2) is 31.9 Å². The minimum Gasteiger partial charge on any atom is -0.327 e. The Morgan fingerprint density at radius 2 is 2.00 bits per heavy atom. The maximum atomic E-state index is 12.7. The Hall–Kier alpha value is 0.150. The van der Waals surface area contributed by atoms with Crippen LogP contribution in [0.1, 0.15) is 12.8 Å². The lowest BCUT2D eigenvalue weighted by Crippen LogP contribution is -2.33. The third-order valence-corrected chi connectivity index (χ3v) is 7.70. The monoisotopic (exact) mass is 414 g/mol. The molecule has 0 amide bonds. The second-order valence-electron chi connectivity index (χ2n) is 5.54. The fraction of sp³-hybridized carbons (Fsp3) is 0.538. The van der Waals surface area contributed by atoms with Gasteiger partial charge in [0.25, 0.3) is 0 Å². The summed E-state index contributed by atoms with van der Waals surface area (Å²) in [6.07, 6.45) is 2.02. The van der Waals surface area contributed by atoms with Crippen molar-refractivity contribution >= 4 is 50.0 Å². The van der Waals surface area contributed by atoms with Crippen LogP contribution >= 0.6 is 39.9 Å². The molecule has 2 aliphatic rings. The van der Waals surface area contributed by atoms with Gasteiger partial charge >= 0.3 is 0 Å². The molecule has 2 fully saturated rings. The average Bonchev–Trinajstić information content (AvgIpc) is 2.96. The Bertz CT molecular complexity index is 641. The molecule has 1 saturated heterocycles. The largest absolute Gasteiger partial charge is 0.327 e. The molecule has 3 rings (SSSR count). The van der Waals surface area contributed by atoms with E-state index in [1.807, 2.05) is 0 Å². The van der Waals surface area contributed by atoms with Crippen molar-refractivity contribution in [1.82, 2.24) is 4.31 Å². The second-order valence-corrected chi connectivity index (χ2v) is 8.68. The minimum atomic E-state index is -3.54. The van der Waals surface area contributed by atoms with E-state index in [4.69, 9.17) is 17.3 Å². The molecule has 1 saturated carbocycles. The molecule has 118 valence electrons. The van der Waals surface area contributed by atoms with Crippen molar-refractivity contribution in [3.8, 4) is 0 Å². The first-order valence-corrected chi connectivity index (χ1v) is 9.22. The van der Waals surface area contributed by atoms with Crippen LogP contribution in [0.4, 0.5) is 0 Å². The number of halogens is 3. The number of hydrogen-bond acceptors (Lipinski definition) is 3. The highest BCUT2D eigenvalue weighted by Gasteiger charge is 2.45. The lowest BCUT2D eigenvalue weighted by molar-refractivity contribution is 0.427. The molecule has 1 aliphatic carbocycles. The number of nitrogens with two attached hydrogens (primary N) is 1. The van der Waals surface area contributed by atoms with Crippen LogP contribution in [-0.2, 0) is 10.0 Å². The van der Waals surface area contributed by atoms with Gasteiger partial charge in [0.15, 0.2) is 0 Å². The van der Waals surface area contributed by atoms with Crippen molar-refractivity contribution in [2.24, 2.45) is 17.6 Å². The summed E-state index contributed by atoms with van der Waals surface area (Å²) in [5, 5.41) is 0.244. The highest BCUT2D eigenvalue weighted by Crippen LogP contribution is 2.40. The smallest absolute Gasteiger partial charge is 0.244 e. The molecule has 3 unspecified atom stereocenters. The molecule has 1 aliphatic heterocycles. The van der Waals surface area contributed by atoms with Crippen molar-refractivity contribution in [3.63, 3.8) is 0 Å². The van der Waals surface area contributed by atoms with E-state index in [9.17, 15) is 8.42 Å². The second kappa shape index (κ2) is 6.34. The third-order valence-electron chi connectivity index (χ3n) is 4.41. The van der Waals surface area contributed by atoms with Crippen molar-refractivity contribution < 1.29 is 8.42 Å². The number of benzene rings is 1. The first-order valence-electron chi connectivity index (χ1n) is 6.61. The average molecular weight is 416 g/mol. The van der Waals surface area contributed by atoms with E-state index in [2.05, 4.69) is 15.9 Å². The van der Waals surface area contributed by atoms with E-state index in [0.29, 0.717) is 23.5 Å². The van der Waals surface area contributed by atoms with Crippen LogP contribution in [0.2, 0.25) is 5.02 Å². The molecule has 1 heterocycles. The molecule has 4 nitrogen and oxygen atoms in total. The topological polar surface area (TPSA) is 63.4 Å². The molecule has 0 bridgehead atoms. The number of nitrogens with zero attached hydrogens (tertiary/aromatic N) is 1. The highest BCUT2D eigenvalue weighted by molar-refractivity contribution is 9.10. The van der Waals surface area contributed by atoms with Crippen LogP contribution in [0.3, 0.4) is 0 Å². The first kappa shape index (κ1) is 17.5. The van der Waals surface area contributed by atoms with Crippen molar-refractivity contribution in [2.75, 3.05) is 13.1 Å². The van der Waals surface area contributed by atoms with E-state index in [1.165, 1.54) is 4.31 Å². The van der Waals surface area contributed by atoms with Crippen LogP contribution in [0.5, 0.6) is 0 Å². The molecule has 1 aromatic rings. The molecule has 1 aromatic carbocycles. The van der Waals surface area contributed by atoms with Gasteiger partial charge in [0.05, 0.1) is 5.02 Å². The van der Waals surface area contributed by atoms with Gasteiger partial charge in [-0.25, -0.2) is 8.42 Å².